The number of rotatable bonds is 7. The Balaban J connectivity index is 2.41. The zero-order chi connectivity index (χ0) is 15.3. The van der Waals surface area contributed by atoms with Gasteiger partial charge in [-0.05, 0) is 45.6 Å². The summed E-state index contributed by atoms with van der Waals surface area (Å²) in [5.74, 6) is -0.279. The maximum atomic E-state index is 11.8. The van der Waals surface area contributed by atoms with Crippen LogP contribution in [0.15, 0.2) is 0 Å². The lowest BCUT2D eigenvalue weighted by atomic mass is 9.99. The molecule has 5 nitrogen and oxygen atoms in total. The molecule has 0 bridgehead atoms. The highest BCUT2D eigenvalue weighted by Gasteiger charge is 2.28. The molecule has 0 aliphatic heterocycles. The predicted octanol–water partition coefficient (Wildman–Crippen LogP) is 1.64. The summed E-state index contributed by atoms with van der Waals surface area (Å²) in [7, 11) is 1.94. The molecule has 1 atom stereocenters. The minimum absolute atomic E-state index is 0.279. The van der Waals surface area contributed by atoms with E-state index >= 15 is 0 Å². The largest absolute Gasteiger partial charge is 0.380 e. The summed E-state index contributed by atoms with van der Waals surface area (Å²) in [6, 6.07) is 0. The van der Waals surface area contributed by atoms with Crippen molar-refractivity contribution in [3.05, 3.63) is 17.0 Å². The summed E-state index contributed by atoms with van der Waals surface area (Å²) in [5, 5.41) is 17.2. The molecule has 5 heteroatoms. The van der Waals surface area contributed by atoms with Gasteiger partial charge in [0.1, 0.15) is 5.60 Å². The van der Waals surface area contributed by atoms with Crippen molar-refractivity contribution in [3.63, 3.8) is 0 Å². The lowest BCUT2D eigenvalue weighted by Gasteiger charge is -2.21. The first kappa shape index (κ1) is 16.7. The molecule has 0 spiro atoms. The molecule has 1 aromatic rings. The van der Waals surface area contributed by atoms with Crippen molar-refractivity contribution in [2.24, 2.45) is 7.05 Å². The minimum atomic E-state index is -1.26. The van der Waals surface area contributed by atoms with Crippen LogP contribution in [0.2, 0.25) is 0 Å². The Morgan fingerprint density at radius 2 is 2.10 bits per heavy atom. The quantitative estimate of drug-likeness (QED) is 0.747. The number of aliphatic hydroxyl groups is 1. The van der Waals surface area contributed by atoms with E-state index < -0.39 is 5.60 Å². The van der Waals surface area contributed by atoms with Crippen molar-refractivity contribution in [3.8, 4) is 0 Å². The number of carbonyl (C=O) groups excluding carboxylic acids is 1. The summed E-state index contributed by atoms with van der Waals surface area (Å²) < 4.78 is 1.88. The molecule has 0 saturated carbocycles. The van der Waals surface area contributed by atoms with E-state index in [1.807, 2.05) is 25.6 Å². The topological polar surface area (TPSA) is 67.2 Å². The summed E-state index contributed by atoms with van der Waals surface area (Å²) in [6.07, 6.45) is 3.01. The second-order valence-corrected chi connectivity index (χ2v) is 5.66. The molecule has 2 N–H and O–H groups in total. The Morgan fingerprint density at radius 1 is 1.45 bits per heavy atom. The van der Waals surface area contributed by atoms with E-state index in [-0.39, 0.29) is 5.91 Å². The molecule has 20 heavy (non-hydrogen) atoms. The van der Waals surface area contributed by atoms with Crippen LogP contribution in [-0.2, 0) is 18.3 Å². The van der Waals surface area contributed by atoms with Crippen molar-refractivity contribution in [2.75, 3.05) is 6.54 Å². The highest BCUT2D eigenvalue weighted by Crippen LogP contribution is 2.14. The van der Waals surface area contributed by atoms with Crippen LogP contribution in [0.25, 0.3) is 0 Å². The second kappa shape index (κ2) is 6.88. The molecule has 114 valence electrons. The van der Waals surface area contributed by atoms with E-state index in [0.717, 1.165) is 25.0 Å². The van der Waals surface area contributed by atoms with Crippen LogP contribution in [0.5, 0.6) is 0 Å². The van der Waals surface area contributed by atoms with Gasteiger partial charge in [0, 0.05) is 19.3 Å². The zero-order valence-corrected chi connectivity index (χ0v) is 13.3. The number of amides is 1. The van der Waals surface area contributed by atoms with Gasteiger partial charge in [0.15, 0.2) is 0 Å². The standard InChI is InChI=1S/C15H27N3O2/c1-6-9-15(4,20)14(19)16-10-7-8-13-11(2)17-18(5)12(13)3/h20H,6-10H2,1-5H3,(H,16,19). The Kier molecular flexibility index (Phi) is 5.74. The third kappa shape index (κ3) is 4.07. The molecule has 1 amide bonds. The number of aryl methyl sites for hydroxylation is 2. The van der Waals surface area contributed by atoms with Crippen molar-refractivity contribution in [1.29, 1.82) is 0 Å². The average Bonchev–Trinajstić information content (AvgIpc) is 2.59. The third-order valence-electron chi connectivity index (χ3n) is 3.77. The van der Waals surface area contributed by atoms with Crippen LogP contribution in [0.3, 0.4) is 0 Å². The summed E-state index contributed by atoms with van der Waals surface area (Å²) >= 11 is 0. The van der Waals surface area contributed by atoms with Gasteiger partial charge in [-0.3, -0.25) is 9.48 Å². The molecular formula is C15H27N3O2. The molecule has 1 rings (SSSR count). The number of carbonyl (C=O) groups is 1. The van der Waals surface area contributed by atoms with Crippen molar-refractivity contribution >= 4 is 5.91 Å². The van der Waals surface area contributed by atoms with E-state index in [1.165, 1.54) is 11.3 Å². The lowest BCUT2D eigenvalue weighted by molar-refractivity contribution is -0.138. The maximum Gasteiger partial charge on any atom is 0.251 e. The predicted molar refractivity (Wildman–Crippen MR) is 79.5 cm³/mol. The van der Waals surface area contributed by atoms with Crippen LogP contribution in [0.4, 0.5) is 0 Å². The average molecular weight is 281 g/mol. The van der Waals surface area contributed by atoms with Gasteiger partial charge < -0.3 is 10.4 Å². The van der Waals surface area contributed by atoms with Crippen molar-refractivity contribution < 1.29 is 9.90 Å². The Bertz CT molecular complexity index is 464. The van der Waals surface area contributed by atoms with Crippen LogP contribution in [0, 0.1) is 13.8 Å². The lowest BCUT2D eigenvalue weighted by Crippen LogP contribution is -2.44. The first-order valence-electron chi connectivity index (χ1n) is 7.29. The summed E-state index contributed by atoms with van der Waals surface area (Å²) in [6.45, 7) is 8.16. The fourth-order valence-electron chi connectivity index (χ4n) is 2.44. The highest BCUT2D eigenvalue weighted by molar-refractivity contribution is 5.84. The Labute approximate surface area is 121 Å². The van der Waals surface area contributed by atoms with E-state index in [9.17, 15) is 9.90 Å². The molecule has 0 aliphatic rings. The molecule has 0 saturated heterocycles. The number of hydrogen-bond donors (Lipinski definition) is 2. The van der Waals surface area contributed by atoms with Crippen LogP contribution in [0.1, 0.15) is 50.1 Å². The molecule has 0 aliphatic carbocycles. The monoisotopic (exact) mass is 281 g/mol. The highest BCUT2D eigenvalue weighted by atomic mass is 16.3. The second-order valence-electron chi connectivity index (χ2n) is 5.66. The molecule has 0 radical (unpaired) electrons. The van der Waals surface area contributed by atoms with Crippen molar-refractivity contribution in [2.45, 2.75) is 59.0 Å². The smallest absolute Gasteiger partial charge is 0.251 e. The number of aromatic nitrogens is 2. The van der Waals surface area contributed by atoms with E-state index in [0.29, 0.717) is 13.0 Å². The van der Waals surface area contributed by atoms with Gasteiger partial charge in [0.05, 0.1) is 5.69 Å². The minimum Gasteiger partial charge on any atom is -0.380 e. The van der Waals surface area contributed by atoms with E-state index in [1.54, 1.807) is 6.92 Å². The van der Waals surface area contributed by atoms with Gasteiger partial charge in [-0.25, -0.2) is 0 Å². The van der Waals surface area contributed by atoms with Gasteiger partial charge in [-0.15, -0.1) is 0 Å². The third-order valence-corrected chi connectivity index (χ3v) is 3.77. The molecular weight excluding hydrogens is 254 g/mol. The number of hydrogen-bond acceptors (Lipinski definition) is 3. The van der Waals surface area contributed by atoms with Crippen molar-refractivity contribution in [1.82, 2.24) is 15.1 Å². The molecule has 1 aromatic heterocycles. The van der Waals surface area contributed by atoms with Gasteiger partial charge >= 0.3 is 0 Å². The molecule has 1 heterocycles. The molecule has 1 unspecified atom stereocenters. The van der Waals surface area contributed by atoms with Gasteiger partial charge in [-0.1, -0.05) is 13.3 Å². The van der Waals surface area contributed by atoms with Crippen LogP contribution < -0.4 is 5.32 Å². The van der Waals surface area contributed by atoms with E-state index in [4.69, 9.17) is 0 Å². The number of nitrogens with one attached hydrogen (secondary N) is 1. The van der Waals surface area contributed by atoms with Gasteiger partial charge in [-0.2, -0.15) is 5.10 Å². The van der Waals surface area contributed by atoms with Crippen LogP contribution >= 0.6 is 0 Å². The zero-order valence-electron chi connectivity index (χ0n) is 13.3. The van der Waals surface area contributed by atoms with Gasteiger partial charge in [0.25, 0.3) is 5.91 Å². The Hall–Kier alpha value is -1.36. The van der Waals surface area contributed by atoms with Gasteiger partial charge in [0.2, 0.25) is 0 Å². The summed E-state index contributed by atoms with van der Waals surface area (Å²) in [5.41, 5.74) is 2.22. The normalized spacial score (nSPS) is 14.1. The maximum absolute atomic E-state index is 11.8. The SMILES string of the molecule is CCCC(C)(O)C(=O)NCCCc1c(C)nn(C)c1C. The number of nitrogens with zero attached hydrogens (tertiary/aromatic N) is 2. The van der Waals surface area contributed by atoms with E-state index in [2.05, 4.69) is 17.3 Å². The Morgan fingerprint density at radius 3 is 2.60 bits per heavy atom. The fourth-order valence-corrected chi connectivity index (χ4v) is 2.44. The molecule has 0 aromatic carbocycles. The van der Waals surface area contributed by atoms with Crippen LogP contribution in [-0.4, -0.2) is 32.9 Å². The molecule has 0 fully saturated rings. The summed E-state index contributed by atoms with van der Waals surface area (Å²) in [4.78, 5) is 11.8. The first-order valence-corrected chi connectivity index (χ1v) is 7.29. The first-order chi connectivity index (χ1) is 9.29. The fraction of sp³-hybridized carbons (Fsp3) is 0.733.